The molecule has 2 unspecified atom stereocenters. The SMILES string of the molecule is CNC(C(=O)NC(C)Cc1c(C)nn(C)c1C)c1cnn(C)c1.Cl. The van der Waals surface area contributed by atoms with Gasteiger partial charge in [-0.25, -0.2) is 0 Å². The minimum atomic E-state index is -0.401. The fourth-order valence-corrected chi connectivity index (χ4v) is 2.83. The second-order valence-electron chi connectivity index (χ2n) is 6.06. The number of carbonyl (C=O) groups excluding carboxylic acids is 1. The highest BCUT2D eigenvalue weighted by Crippen LogP contribution is 2.15. The van der Waals surface area contributed by atoms with Crippen LogP contribution < -0.4 is 10.6 Å². The Morgan fingerprint density at radius 1 is 1.33 bits per heavy atom. The number of halogens is 1. The van der Waals surface area contributed by atoms with E-state index >= 15 is 0 Å². The van der Waals surface area contributed by atoms with Crippen molar-refractivity contribution >= 4 is 18.3 Å². The van der Waals surface area contributed by atoms with Crippen LogP contribution in [0.1, 0.15) is 35.5 Å². The molecule has 0 aliphatic rings. The number of aryl methyl sites for hydroxylation is 3. The second kappa shape index (κ2) is 8.30. The highest BCUT2D eigenvalue weighted by atomic mass is 35.5. The highest BCUT2D eigenvalue weighted by molar-refractivity contribution is 5.85. The van der Waals surface area contributed by atoms with Crippen molar-refractivity contribution in [3.63, 3.8) is 0 Å². The van der Waals surface area contributed by atoms with E-state index in [0.717, 1.165) is 23.4 Å². The number of hydrogen-bond acceptors (Lipinski definition) is 4. The lowest BCUT2D eigenvalue weighted by Crippen LogP contribution is -2.41. The molecule has 0 saturated carbocycles. The molecule has 0 saturated heterocycles. The van der Waals surface area contributed by atoms with Crippen LogP contribution in [0.3, 0.4) is 0 Å². The summed E-state index contributed by atoms with van der Waals surface area (Å²) in [5.74, 6) is -0.0489. The van der Waals surface area contributed by atoms with E-state index in [0.29, 0.717) is 0 Å². The van der Waals surface area contributed by atoms with Crippen molar-refractivity contribution in [2.24, 2.45) is 14.1 Å². The van der Waals surface area contributed by atoms with Crippen LogP contribution in [0.25, 0.3) is 0 Å². The lowest BCUT2D eigenvalue weighted by Gasteiger charge is -2.19. The molecule has 7 nitrogen and oxygen atoms in total. The number of aromatic nitrogens is 4. The molecule has 8 heteroatoms. The van der Waals surface area contributed by atoms with Crippen LogP contribution in [-0.2, 0) is 25.3 Å². The largest absolute Gasteiger partial charge is 0.352 e. The van der Waals surface area contributed by atoms with E-state index in [1.165, 1.54) is 5.56 Å². The van der Waals surface area contributed by atoms with Crippen molar-refractivity contribution in [3.05, 3.63) is 34.9 Å². The lowest BCUT2D eigenvalue weighted by molar-refractivity contribution is -0.123. The Kier molecular flexibility index (Phi) is 6.98. The van der Waals surface area contributed by atoms with Gasteiger partial charge in [-0.1, -0.05) is 0 Å². The van der Waals surface area contributed by atoms with Crippen molar-refractivity contribution in [2.75, 3.05) is 7.05 Å². The number of hydrogen-bond donors (Lipinski definition) is 2. The van der Waals surface area contributed by atoms with Crippen LogP contribution in [-0.4, -0.2) is 38.6 Å². The van der Waals surface area contributed by atoms with Gasteiger partial charge < -0.3 is 10.6 Å². The molecular weight excluding hydrogens is 328 g/mol. The van der Waals surface area contributed by atoms with Gasteiger partial charge in [0.2, 0.25) is 5.91 Å². The van der Waals surface area contributed by atoms with E-state index in [2.05, 4.69) is 27.8 Å². The topological polar surface area (TPSA) is 76.8 Å². The Morgan fingerprint density at radius 3 is 2.46 bits per heavy atom. The van der Waals surface area contributed by atoms with Crippen molar-refractivity contribution < 1.29 is 4.79 Å². The van der Waals surface area contributed by atoms with Gasteiger partial charge in [0.25, 0.3) is 0 Å². The Labute approximate surface area is 149 Å². The smallest absolute Gasteiger partial charge is 0.242 e. The van der Waals surface area contributed by atoms with Crippen LogP contribution in [0.2, 0.25) is 0 Å². The molecule has 1 amide bonds. The predicted molar refractivity (Wildman–Crippen MR) is 96.2 cm³/mol. The summed E-state index contributed by atoms with van der Waals surface area (Å²) in [5.41, 5.74) is 4.21. The molecule has 2 heterocycles. The summed E-state index contributed by atoms with van der Waals surface area (Å²) >= 11 is 0. The summed E-state index contributed by atoms with van der Waals surface area (Å²) in [7, 11) is 5.55. The first kappa shape index (κ1) is 20.2. The zero-order valence-corrected chi connectivity index (χ0v) is 15.9. The van der Waals surface area contributed by atoms with Crippen LogP contribution in [0.4, 0.5) is 0 Å². The maximum atomic E-state index is 12.5. The Bertz CT molecular complexity index is 693. The molecule has 2 aromatic rings. The molecule has 0 spiro atoms. The Morgan fingerprint density at radius 2 is 2.00 bits per heavy atom. The first-order valence-corrected chi connectivity index (χ1v) is 7.78. The van der Waals surface area contributed by atoms with Crippen molar-refractivity contribution in [2.45, 2.75) is 39.3 Å². The zero-order chi connectivity index (χ0) is 17.1. The van der Waals surface area contributed by atoms with E-state index in [1.807, 2.05) is 38.8 Å². The van der Waals surface area contributed by atoms with E-state index in [-0.39, 0.29) is 24.4 Å². The molecule has 2 rings (SSSR count). The van der Waals surface area contributed by atoms with Crippen molar-refractivity contribution in [1.29, 1.82) is 0 Å². The summed E-state index contributed by atoms with van der Waals surface area (Å²) in [4.78, 5) is 12.5. The summed E-state index contributed by atoms with van der Waals surface area (Å²) in [5, 5.41) is 14.7. The first-order valence-electron chi connectivity index (χ1n) is 7.78. The number of likely N-dealkylation sites (N-methyl/N-ethyl adjacent to an activating group) is 1. The fraction of sp³-hybridized carbons (Fsp3) is 0.562. The summed E-state index contributed by atoms with van der Waals surface area (Å²) in [6.07, 6.45) is 4.32. The van der Waals surface area contributed by atoms with E-state index < -0.39 is 6.04 Å². The van der Waals surface area contributed by atoms with Crippen molar-refractivity contribution in [3.8, 4) is 0 Å². The maximum absolute atomic E-state index is 12.5. The molecule has 2 aromatic heterocycles. The summed E-state index contributed by atoms with van der Waals surface area (Å²) < 4.78 is 3.57. The fourth-order valence-electron chi connectivity index (χ4n) is 2.83. The predicted octanol–water partition coefficient (Wildman–Crippen LogP) is 1.20. The molecule has 0 aliphatic heterocycles. The molecule has 0 radical (unpaired) electrons. The van der Waals surface area contributed by atoms with Gasteiger partial charge in [0.05, 0.1) is 11.9 Å². The Balaban J connectivity index is 0.00000288. The molecule has 0 bridgehead atoms. The minimum Gasteiger partial charge on any atom is -0.352 e. The number of nitrogens with zero attached hydrogens (tertiary/aromatic N) is 4. The molecule has 2 N–H and O–H groups in total. The highest BCUT2D eigenvalue weighted by Gasteiger charge is 2.22. The van der Waals surface area contributed by atoms with Gasteiger partial charge in [-0.2, -0.15) is 10.2 Å². The van der Waals surface area contributed by atoms with Crippen LogP contribution >= 0.6 is 12.4 Å². The lowest BCUT2D eigenvalue weighted by atomic mass is 10.0. The van der Waals surface area contributed by atoms with E-state index in [4.69, 9.17) is 0 Å². The van der Waals surface area contributed by atoms with Crippen molar-refractivity contribution in [1.82, 2.24) is 30.2 Å². The number of carbonyl (C=O) groups is 1. The summed E-state index contributed by atoms with van der Waals surface area (Å²) in [6.45, 7) is 6.07. The van der Waals surface area contributed by atoms with Gasteiger partial charge in [0, 0.05) is 37.6 Å². The van der Waals surface area contributed by atoms with Gasteiger partial charge in [-0.3, -0.25) is 14.2 Å². The minimum absolute atomic E-state index is 0. The summed E-state index contributed by atoms with van der Waals surface area (Å²) in [6, 6.07) is -0.376. The quantitative estimate of drug-likeness (QED) is 0.817. The third kappa shape index (κ3) is 4.36. The second-order valence-corrected chi connectivity index (χ2v) is 6.06. The van der Waals surface area contributed by atoms with Gasteiger partial charge >= 0.3 is 0 Å². The van der Waals surface area contributed by atoms with Gasteiger partial charge in [0.15, 0.2) is 0 Å². The molecule has 0 aliphatic carbocycles. The first-order chi connectivity index (χ1) is 10.8. The molecule has 24 heavy (non-hydrogen) atoms. The average molecular weight is 355 g/mol. The Hall–Kier alpha value is -1.86. The standard InChI is InChI=1S/C16H26N6O.ClH/c1-10(7-14-11(2)20-22(6)12(14)3)19-16(23)15(17-4)13-8-18-21(5)9-13;/h8-10,15,17H,7H2,1-6H3,(H,19,23);1H. The number of rotatable bonds is 6. The molecule has 0 aromatic carbocycles. The normalized spacial score (nSPS) is 13.2. The monoisotopic (exact) mass is 354 g/mol. The third-order valence-electron chi connectivity index (χ3n) is 4.17. The van der Waals surface area contributed by atoms with Crippen LogP contribution in [0.5, 0.6) is 0 Å². The zero-order valence-electron chi connectivity index (χ0n) is 15.1. The van der Waals surface area contributed by atoms with E-state index in [1.54, 1.807) is 17.9 Å². The molecule has 0 fully saturated rings. The molecule has 2 atom stereocenters. The van der Waals surface area contributed by atoms with Gasteiger partial charge in [-0.05, 0) is 39.8 Å². The molecular formula is C16H27ClN6O. The molecule has 134 valence electrons. The van der Waals surface area contributed by atoms with Gasteiger partial charge in [0.1, 0.15) is 6.04 Å². The maximum Gasteiger partial charge on any atom is 0.242 e. The third-order valence-corrected chi connectivity index (χ3v) is 4.17. The average Bonchev–Trinajstić information content (AvgIpc) is 2.99. The number of amides is 1. The van der Waals surface area contributed by atoms with E-state index in [9.17, 15) is 4.79 Å². The van der Waals surface area contributed by atoms with Gasteiger partial charge in [-0.15, -0.1) is 12.4 Å². The number of nitrogens with one attached hydrogen (secondary N) is 2. The van der Waals surface area contributed by atoms with Crippen LogP contribution in [0, 0.1) is 13.8 Å². The van der Waals surface area contributed by atoms with Crippen LogP contribution in [0.15, 0.2) is 12.4 Å².